The van der Waals surface area contributed by atoms with Crippen LogP contribution in [0.3, 0.4) is 0 Å². The minimum Gasteiger partial charge on any atom is -0.449 e. The van der Waals surface area contributed by atoms with Gasteiger partial charge in [-0.15, -0.1) is 0 Å². The van der Waals surface area contributed by atoms with Gasteiger partial charge in [0.2, 0.25) is 5.90 Å². The third kappa shape index (κ3) is 3.28. The number of carbonyl (C=O) groups is 2. The lowest BCUT2D eigenvalue weighted by Crippen LogP contribution is -2.47. The van der Waals surface area contributed by atoms with E-state index in [2.05, 4.69) is 9.89 Å². The van der Waals surface area contributed by atoms with E-state index in [1.165, 1.54) is 12.1 Å². The highest BCUT2D eigenvalue weighted by atomic mass is 35.5. The molecule has 2 aliphatic heterocycles. The molecule has 1 saturated heterocycles. The number of piperidine rings is 1. The molecule has 9 heteroatoms. The molecule has 0 unspecified atom stereocenters. The molecule has 128 valence electrons. The molecule has 2 heterocycles. The van der Waals surface area contributed by atoms with Crippen LogP contribution in [0.15, 0.2) is 23.4 Å². The van der Waals surface area contributed by atoms with E-state index in [9.17, 15) is 14.0 Å². The van der Waals surface area contributed by atoms with Crippen LogP contribution in [0.1, 0.15) is 29.6 Å². The van der Waals surface area contributed by atoms with E-state index in [4.69, 9.17) is 21.5 Å². The minimum atomic E-state index is -1.43. The summed E-state index contributed by atoms with van der Waals surface area (Å²) >= 11 is 5.71. The van der Waals surface area contributed by atoms with E-state index >= 15 is 0 Å². The lowest BCUT2D eigenvalue weighted by molar-refractivity contribution is -0.0568. The molecule has 0 atom stereocenters. The van der Waals surface area contributed by atoms with Crippen LogP contribution in [-0.2, 0) is 9.57 Å². The monoisotopic (exact) mass is 356 g/mol. The van der Waals surface area contributed by atoms with Gasteiger partial charge in [0.25, 0.3) is 5.91 Å². The van der Waals surface area contributed by atoms with Crippen molar-refractivity contribution in [1.29, 1.82) is 0 Å². The first-order valence-corrected chi connectivity index (χ1v) is 7.66. The molecule has 0 aromatic heterocycles. The lowest BCUT2D eigenvalue weighted by Gasteiger charge is -2.36. The van der Waals surface area contributed by atoms with Crippen molar-refractivity contribution < 1.29 is 28.7 Å². The smallest absolute Gasteiger partial charge is 0.449 e. The summed E-state index contributed by atoms with van der Waals surface area (Å²) in [4.78, 5) is 30.0. The third-order valence-electron chi connectivity index (χ3n) is 4.15. The average molecular weight is 357 g/mol. The Kier molecular flexibility index (Phi) is 4.31. The number of ether oxygens (including phenoxy) is 1. The molecule has 0 bridgehead atoms. The van der Waals surface area contributed by atoms with Crippen LogP contribution in [0.25, 0.3) is 0 Å². The number of rotatable bonds is 1. The predicted octanol–water partition coefficient (Wildman–Crippen LogP) is 2.88. The Morgan fingerprint density at radius 2 is 2.08 bits per heavy atom. The summed E-state index contributed by atoms with van der Waals surface area (Å²) in [6.07, 6.45) is -0.202. The van der Waals surface area contributed by atoms with Crippen molar-refractivity contribution in [2.45, 2.75) is 24.9 Å². The van der Waals surface area contributed by atoms with E-state index < -0.39 is 17.6 Å². The van der Waals surface area contributed by atoms with Crippen LogP contribution in [0.2, 0.25) is 5.02 Å². The molecule has 1 amide bonds. The van der Waals surface area contributed by atoms with Crippen molar-refractivity contribution in [3.05, 3.63) is 34.6 Å². The second-order valence-electron chi connectivity index (χ2n) is 5.73. The average Bonchev–Trinajstić information content (AvgIpc) is 2.92. The van der Waals surface area contributed by atoms with Crippen molar-refractivity contribution >= 4 is 29.6 Å². The number of benzene rings is 1. The Bertz CT molecular complexity index is 716. The van der Waals surface area contributed by atoms with Crippen LogP contribution in [0, 0.1) is 5.82 Å². The second-order valence-corrected chi connectivity index (χ2v) is 6.13. The van der Waals surface area contributed by atoms with Crippen molar-refractivity contribution in [1.82, 2.24) is 4.90 Å². The first-order valence-electron chi connectivity index (χ1n) is 7.29. The number of carbonyl (C=O) groups excluding carboxylic acids is 1. The Balaban J connectivity index is 1.60. The fourth-order valence-electron chi connectivity index (χ4n) is 2.84. The van der Waals surface area contributed by atoms with Gasteiger partial charge in [-0.1, -0.05) is 16.8 Å². The summed E-state index contributed by atoms with van der Waals surface area (Å²) in [7, 11) is 0. The van der Waals surface area contributed by atoms with E-state index in [1.54, 1.807) is 4.90 Å². The Morgan fingerprint density at radius 1 is 1.38 bits per heavy atom. The lowest BCUT2D eigenvalue weighted by atomic mass is 9.88. The zero-order chi connectivity index (χ0) is 17.3. The number of halogens is 2. The highest BCUT2D eigenvalue weighted by Gasteiger charge is 2.44. The Labute approximate surface area is 141 Å². The summed E-state index contributed by atoms with van der Waals surface area (Å²) in [5, 5.41) is 12.1. The van der Waals surface area contributed by atoms with Crippen molar-refractivity contribution in [3.8, 4) is 0 Å². The van der Waals surface area contributed by atoms with Crippen molar-refractivity contribution in [2.24, 2.45) is 5.16 Å². The third-order valence-corrected chi connectivity index (χ3v) is 4.44. The highest BCUT2D eigenvalue weighted by Crippen LogP contribution is 2.35. The fourth-order valence-corrected chi connectivity index (χ4v) is 3.02. The molecule has 1 aromatic rings. The van der Waals surface area contributed by atoms with Gasteiger partial charge >= 0.3 is 6.16 Å². The molecule has 0 radical (unpaired) electrons. The molecule has 24 heavy (non-hydrogen) atoms. The van der Waals surface area contributed by atoms with Gasteiger partial charge in [0.1, 0.15) is 11.4 Å². The number of likely N-dealkylation sites (tertiary alicyclic amines) is 1. The molecule has 1 fully saturated rings. The van der Waals surface area contributed by atoms with Crippen molar-refractivity contribution in [3.63, 3.8) is 0 Å². The zero-order valence-electron chi connectivity index (χ0n) is 12.5. The maximum atomic E-state index is 13.2. The van der Waals surface area contributed by atoms with Crippen LogP contribution in [0.4, 0.5) is 9.18 Å². The van der Waals surface area contributed by atoms with Gasteiger partial charge in [0, 0.05) is 31.5 Å². The van der Waals surface area contributed by atoms with Crippen LogP contribution >= 0.6 is 11.6 Å². The Hall–Kier alpha value is -2.35. The number of amides is 1. The topological polar surface area (TPSA) is 88.4 Å². The quantitative estimate of drug-likeness (QED) is 0.781. The molecule has 1 spiro atoms. The van der Waals surface area contributed by atoms with Gasteiger partial charge in [-0.3, -0.25) is 4.79 Å². The molecule has 1 aromatic carbocycles. The summed E-state index contributed by atoms with van der Waals surface area (Å²) < 4.78 is 17.7. The van der Waals surface area contributed by atoms with Gasteiger partial charge in [-0.2, -0.15) is 0 Å². The largest absolute Gasteiger partial charge is 0.512 e. The summed E-state index contributed by atoms with van der Waals surface area (Å²) in [6, 6.07) is 3.85. The van der Waals surface area contributed by atoms with Crippen molar-refractivity contribution in [2.75, 3.05) is 13.1 Å². The molecule has 0 saturated carbocycles. The number of nitrogens with zero attached hydrogens (tertiary/aromatic N) is 2. The van der Waals surface area contributed by atoms with Gasteiger partial charge < -0.3 is 19.6 Å². The molecular formula is C15H14ClFN2O5. The minimum absolute atomic E-state index is 0.0209. The highest BCUT2D eigenvalue weighted by molar-refractivity contribution is 6.31. The van der Waals surface area contributed by atoms with E-state index in [0.29, 0.717) is 31.5 Å². The first kappa shape index (κ1) is 16.5. The maximum Gasteiger partial charge on any atom is 0.512 e. The number of oxime groups is 1. The van der Waals surface area contributed by atoms with Gasteiger partial charge in [-0.25, -0.2) is 9.18 Å². The number of hydrogen-bond acceptors (Lipinski definition) is 5. The number of carboxylic acid groups (broad SMARTS) is 1. The van der Waals surface area contributed by atoms with Crippen LogP contribution in [0.5, 0.6) is 0 Å². The summed E-state index contributed by atoms with van der Waals surface area (Å²) in [5.41, 5.74) is -0.321. The van der Waals surface area contributed by atoms with Crippen LogP contribution in [-0.4, -0.2) is 46.7 Å². The van der Waals surface area contributed by atoms with Gasteiger partial charge in [-0.05, 0) is 18.2 Å². The SMILES string of the molecule is O=C(O)OC1=NOC2(CCN(C(=O)c3ccc(F)c(Cl)c3)CC2)C1. The number of hydrogen-bond donors (Lipinski definition) is 1. The van der Waals surface area contributed by atoms with Gasteiger partial charge in [0.15, 0.2) is 0 Å². The van der Waals surface area contributed by atoms with E-state index in [-0.39, 0.29) is 23.2 Å². The summed E-state index contributed by atoms with van der Waals surface area (Å²) in [5.74, 6) is -0.798. The van der Waals surface area contributed by atoms with Gasteiger partial charge in [0.05, 0.1) is 11.4 Å². The first-order chi connectivity index (χ1) is 11.4. The predicted molar refractivity (Wildman–Crippen MR) is 81.5 cm³/mol. The van der Waals surface area contributed by atoms with E-state index in [1.807, 2.05) is 0 Å². The molecular weight excluding hydrogens is 343 g/mol. The molecule has 3 rings (SSSR count). The molecule has 0 aliphatic carbocycles. The zero-order valence-corrected chi connectivity index (χ0v) is 13.3. The standard InChI is InChI=1S/C15H14ClFN2O5/c16-10-7-9(1-2-11(10)17)13(20)19-5-3-15(4-6-19)8-12(18-24-15)23-14(21)22/h1-2,7H,3-6,8H2,(H,21,22). The normalized spacial score (nSPS) is 18.9. The Morgan fingerprint density at radius 3 is 2.71 bits per heavy atom. The second kappa shape index (κ2) is 6.27. The molecule has 2 aliphatic rings. The molecule has 7 nitrogen and oxygen atoms in total. The van der Waals surface area contributed by atoms with E-state index in [0.717, 1.165) is 6.07 Å². The van der Waals surface area contributed by atoms with Crippen LogP contribution < -0.4 is 0 Å². The fraction of sp³-hybridized carbons (Fsp3) is 0.400. The molecule has 1 N–H and O–H groups in total. The summed E-state index contributed by atoms with van der Waals surface area (Å²) in [6.45, 7) is 0.813. The maximum absolute atomic E-state index is 13.2.